The molecule has 0 spiro atoms. The standard InChI is InChI=1S/C16H30N4/c1-7-8-9-20(6)15-11-18-16(12(2)3)19-14(15)10-17-13(4)5/h11-13,17H,7-10H2,1-6H3. The summed E-state index contributed by atoms with van der Waals surface area (Å²) in [6.07, 6.45) is 4.38. The Balaban J connectivity index is 2.95. The van der Waals surface area contributed by atoms with Crippen molar-refractivity contribution < 1.29 is 0 Å². The van der Waals surface area contributed by atoms with Crippen LogP contribution in [0.15, 0.2) is 6.20 Å². The fourth-order valence-corrected chi connectivity index (χ4v) is 1.97. The van der Waals surface area contributed by atoms with Crippen LogP contribution in [0.4, 0.5) is 5.69 Å². The third-order valence-electron chi connectivity index (χ3n) is 3.32. The van der Waals surface area contributed by atoms with Crippen LogP contribution in [-0.4, -0.2) is 29.6 Å². The minimum atomic E-state index is 0.364. The lowest BCUT2D eigenvalue weighted by molar-refractivity contribution is 0.576. The van der Waals surface area contributed by atoms with Crippen molar-refractivity contribution >= 4 is 5.69 Å². The van der Waals surface area contributed by atoms with Gasteiger partial charge in [0.25, 0.3) is 0 Å². The van der Waals surface area contributed by atoms with Crippen molar-refractivity contribution in [3.8, 4) is 0 Å². The first-order valence-corrected chi connectivity index (χ1v) is 7.76. The Hall–Kier alpha value is -1.16. The molecule has 0 aliphatic heterocycles. The van der Waals surface area contributed by atoms with Gasteiger partial charge in [0, 0.05) is 32.1 Å². The van der Waals surface area contributed by atoms with Crippen LogP contribution in [0.1, 0.15) is 64.9 Å². The summed E-state index contributed by atoms with van der Waals surface area (Å²) in [7, 11) is 2.13. The van der Waals surface area contributed by atoms with Crippen LogP contribution in [-0.2, 0) is 6.54 Å². The van der Waals surface area contributed by atoms with Gasteiger partial charge < -0.3 is 10.2 Å². The van der Waals surface area contributed by atoms with E-state index in [1.165, 1.54) is 12.8 Å². The van der Waals surface area contributed by atoms with Crippen molar-refractivity contribution in [1.29, 1.82) is 0 Å². The highest BCUT2D eigenvalue weighted by molar-refractivity contribution is 5.48. The smallest absolute Gasteiger partial charge is 0.131 e. The molecule has 20 heavy (non-hydrogen) atoms. The molecule has 4 heteroatoms. The van der Waals surface area contributed by atoms with E-state index in [0.29, 0.717) is 12.0 Å². The minimum absolute atomic E-state index is 0.364. The van der Waals surface area contributed by atoms with Gasteiger partial charge in [-0.1, -0.05) is 41.0 Å². The summed E-state index contributed by atoms with van der Waals surface area (Å²) in [5.41, 5.74) is 2.26. The fraction of sp³-hybridized carbons (Fsp3) is 0.750. The number of nitrogens with one attached hydrogen (secondary N) is 1. The average Bonchev–Trinajstić information content (AvgIpc) is 2.42. The first-order chi connectivity index (χ1) is 9.45. The quantitative estimate of drug-likeness (QED) is 0.792. The molecule has 1 aromatic rings. The van der Waals surface area contributed by atoms with Gasteiger partial charge in [-0.3, -0.25) is 0 Å². The Morgan fingerprint density at radius 2 is 1.95 bits per heavy atom. The Bertz CT molecular complexity index is 401. The Morgan fingerprint density at radius 1 is 1.25 bits per heavy atom. The second-order valence-electron chi connectivity index (χ2n) is 6.03. The predicted molar refractivity (Wildman–Crippen MR) is 86.3 cm³/mol. The highest BCUT2D eigenvalue weighted by Gasteiger charge is 2.13. The molecule has 0 aliphatic carbocycles. The molecule has 1 N–H and O–H groups in total. The third kappa shape index (κ3) is 5.08. The van der Waals surface area contributed by atoms with Crippen molar-refractivity contribution in [3.63, 3.8) is 0 Å². The number of aromatic nitrogens is 2. The van der Waals surface area contributed by atoms with Gasteiger partial charge in [-0.15, -0.1) is 0 Å². The number of unbranched alkanes of at least 4 members (excludes halogenated alkanes) is 1. The molecule has 0 saturated heterocycles. The lowest BCUT2D eigenvalue weighted by Gasteiger charge is -2.22. The molecule has 0 fully saturated rings. The molecule has 0 unspecified atom stereocenters. The summed E-state index contributed by atoms with van der Waals surface area (Å²) in [4.78, 5) is 11.5. The maximum atomic E-state index is 4.76. The van der Waals surface area contributed by atoms with Crippen LogP contribution in [0.2, 0.25) is 0 Å². The Labute approximate surface area is 124 Å². The Morgan fingerprint density at radius 3 is 2.50 bits per heavy atom. The molecule has 1 heterocycles. The third-order valence-corrected chi connectivity index (χ3v) is 3.32. The molecule has 0 amide bonds. The van der Waals surface area contributed by atoms with Crippen LogP contribution in [0, 0.1) is 0 Å². The van der Waals surface area contributed by atoms with Crippen molar-refractivity contribution in [2.24, 2.45) is 0 Å². The normalized spacial score (nSPS) is 11.4. The van der Waals surface area contributed by atoms with Gasteiger partial charge in [0.05, 0.1) is 17.6 Å². The van der Waals surface area contributed by atoms with Gasteiger partial charge >= 0.3 is 0 Å². The van der Waals surface area contributed by atoms with Gasteiger partial charge in [0.2, 0.25) is 0 Å². The zero-order chi connectivity index (χ0) is 15.1. The SMILES string of the molecule is CCCCN(C)c1cnc(C(C)C)nc1CNC(C)C. The maximum Gasteiger partial charge on any atom is 0.131 e. The zero-order valence-electron chi connectivity index (χ0n) is 13.9. The van der Waals surface area contributed by atoms with Crippen LogP contribution in [0.25, 0.3) is 0 Å². The second kappa shape index (κ2) is 8.20. The van der Waals surface area contributed by atoms with Gasteiger partial charge in [0.15, 0.2) is 0 Å². The van der Waals surface area contributed by atoms with E-state index in [-0.39, 0.29) is 0 Å². The molecule has 0 radical (unpaired) electrons. The summed E-state index contributed by atoms with van der Waals surface area (Å²) in [6, 6.07) is 0.460. The first-order valence-electron chi connectivity index (χ1n) is 7.76. The summed E-state index contributed by atoms with van der Waals surface area (Å²) >= 11 is 0. The minimum Gasteiger partial charge on any atom is -0.372 e. The molecule has 1 rings (SSSR count). The van der Waals surface area contributed by atoms with E-state index in [1.54, 1.807) is 0 Å². The average molecular weight is 278 g/mol. The largest absolute Gasteiger partial charge is 0.372 e. The van der Waals surface area contributed by atoms with Gasteiger partial charge in [-0.25, -0.2) is 9.97 Å². The summed E-state index contributed by atoms with van der Waals surface area (Å²) in [5, 5.41) is 3.46. The molecule has 0 bridgehead atoms. The van der Waals surface area contributed by atoms with Crippen LogP contribution in [0.3, 0.4) is 0 Å². The van der Waals surface area contributed by atoms with E-state index in [1.807, 2.05) is 6.20 Å². The van der Waals surface area contributed by atoms with Crippen molar-refractivity contribution in [1.82, 2.24) is 15.3 Å². The highest BCUT2D eigenvalue weighted by atomic mass is 15.1. The van der Waals surface area contributed by atoms with Gasteiger partial charge in [-0.2, -0.15) is 0 Å². The number of hydrogen-bond acceptors (Lipinski definition) is 4. The number of anilines is 1. The monoisotopic (exact) mass is 278 g/mol. The van der Waals surface area contributed by atoms with E-state index in [0.717, 1.165) is 30.3 Å². The van der Waals surface area contributed by atoms with Crippen LogP contribution >= 0.6 is 0 Å². The van der Waals surface area contributed by atoms with E-state index < -0.39 is 0 Å². The Kier molecular flexibility index (Phi) is 6.93. The highest BCUT2D eigenvalue weighted by Crippen LogP contribution is 2.20. The van der Waals surface area contributed by atoms with Crippen molar-refractivity contribution in [3.05, 3.63) is 17.7 Å². The molecule has 0 aromatic carbocycles. The van der Waals surface area contributed by atoms with Gasteiger partial charge in [-0.05, 0) is 6.42 Å². The molecule has 0 saturated carbocycles. The number of hydrogen-bond donors (Lipinski definition) is 1. The first kappa shape index (κ1) is 16.9. The molecule has 4 nitrogen and oxygen atoms in total. The summed E-state index contributed by atoms with van der Waals surface area (Å²) in [6.45, 7) is 12.6. The maximum absolute atomic E-state index is 4.76. The molecular weight excluding hydrogens is 248 g/mol. The lowest BCUT2D eigenvalue weighted by Crippen LogP contribution is -2.27. The van der Waals surface area contributed by atoms with E-state index in [4.69, 9.17) is 4.98 Å². The second-order valence-corrected chi connectivity index (χ2v) is 6.03. The van der Waals surface area contributed by atoms with Crippen LogP contribution < -0.4 is 10.2 Å². The van der Waals surface area contributed by atoms with E-state index in [9.17, 15) is 0 Å². The van der Waals surface area contributed by atoms with Crippen LogP contribution in [0.5, 0.6) is 0 Å². The summed E-state index contributed by atoms with van der Waals surface area (Å²) in [5.74, 6) is 1.29. The summed E-state index contributed by atoms with van der Waals surface area (Å²) < 4.78 is 0. The topological polar surface area (TPSA) is 41.1 Å². The van der Waals surface area contributed by atoms with Gasteiger partial charge in [0.1, 0.15) is 5.82 Å². The fourth-order valence-electron chi connectivity index (χ4n) is 1.97. The lowest BCUT2D eigenvalue weighted by atomic mass is 10.2. The van der Waals surface area contributed by atoms with E-state index in [2.05, 4.69) is 56.9 Å². The molecule has 114 valence electrons. The van der Waals surface area contributed by atoms with E-state index >= 15 is 0 Å². The zero-order valence-corrected chi connectivity index (χ0v) is 13.9. The molecule has 0 atom stereocenters. The molecular formula is C16H30N4. The predicted octanol–water partition coefficient (Wildman–Crippen LogP) is 3.33. The van der Waals surface area contributed by atoms with Crippen molar-refractivity contribution in [2.75, 3.05) is 18.5 Å². The molecule has 0 aliphatic rings. The van der Waals surface area contributed by atoms with Crippen molar-refractivity contribution in [2.45, 2.75) is 66.0 Å². The number of rotatable bonds is 8. The number of nitrogens with zero attached hydrogens (tertiary/aromatic N) is 3. The molecule has 1 aromatic heterocycles.